The number of para-hydroxylation sites is 3. The van der Waals surface area contributed by atoms with Crippen molar-refractivity contribution in [2.45, 2.75) is 0 Å². The number of hydrogen-bond acceptors (Lipinski definition) is 5. The number of fused-ring (bicyclic) bond motifs is 1. The summed E-state index contributed by atoms with van der Waals surface area (Å²) in [5.74, 6) is 0.283. The van der Waals surface area contributed by atoms with Crippen LogP contribution < -0.4 is 5.56 Å². The molecule has 0 bridgehead atoms. The summed E-state index contributed by atoms with van der Waals surface area (Å²) in [6, 6.07) is 19.5. The molecule has 7 nitrogen and oxygen atoms in total. The van der Waals surface area contributed by atoms with Crippen molar-refractivity contribution in [3.05, 3.63) is 105 Å². The molecule has 0 aliphatic carbocycles. The predicted octanol–water partition coefficient (Wildman–Crippen LogP) is 4.17. The van der Waals surface area contributed by atoms with Crippen LogP contribution in [0.2, 0.25) is 0 Å². The van der Waals surface area contributed by atoms with Crippen LogP contribution >= 0.6 is 0 Å². The van der Waals surface area contributed by atoms with Crippen molar-refractivity contribution >= 4 is 28.7 Å². The van der Waals surface area contributed by atoms with Gasteiger partial charge < -0.3 is 5.11 Å². The molecule has 0 aliphatic rings. The fraction of sp³-hybridized carbons (Fsp3) is 0. The van der Waals surface area contributed by atoms with Gasteiger partial charge in [-0.25, -0.2) is 4.98 Å². The number of phenolic OH excluding ortho intramolecular Hbond substituents is 1. The van der Waals surface area contributed by atoms with Gasteiger partial charge in [-0.05, 0) is 48.0 Å². The smallest absolute Gasteiger partial charge is 0.269 e. The Bertz CT molecular complexity index is 1310. The number of nitro groups is 1. The van der Waals surface area contributed by atoms with E-state index >= 15 is 0 Å². The van der Waals surface area contributed by atoms with E-state index in [2.05, 4.69) is 4.98 Å². The molecule has 29 heavy (non-hydrogen) atoms. The van der Waals surface area contributed by atoms with Crippen molar-refractivity contribution in [1.29, 1.82) is 0 Å². The Hall–Kier alpha value is -4.26. The molecule has 0 saturated carbocycles. The van der Waals surface area contributed by atoms with Crippen LogP contribution in [0.1, 0.15) is 11.4 Å². The number of phenols is 1. The van der Waals surface area contributed by atoms with Gasteiger partial charge in [0.25, 0.3) is 11.2 Å². The third-order valence-electron chi connectivity index (χ3n) is 4.45. The molecule has 0 unspecified atom stereocenters. The Morgan fingerprint density at radius 2 is 1.62 bits per heavy atom. The summed E-state index contributed by atoms with van der Waals surface area (Å²) >= 11 is 0. The highest BCUT2D eigenvalue weighted by molar-refractivity contribution is 5.80. The second-order valence-electron chi connectivity index (χ2n) is 6.30. The van der Waals surface area contributed by atoms with Crippen LogP contribution in [0.15, 0.2) is 77.6 Å². The maximum Gasteiger partial charge on any atom is 0.269 e. The van der Waals surface area contributed by atoms with E-state index in [4.69, 9.17) is 0 Å². The average Bonchev–Trinajstić information content (AvgIpc) is 2.73. The van der Waals surface area contributed by atoms with E-state index in [0.717, 1.165) is 0 Å². The largest absolute Gasteiger partial charge is 0.506 e. The van der Waals surface area contributed by atoms with Gasteiger partial charge in [0.15, 0.2) is 0 Å². The quantitative estimate of drug-likeness (QED) is 0.420. The van der Waals surface area contributed by atoms with Crippen molar-refractivity contribution in [3.8, 4) is 11.4 Å². The van der Waals surface area contributed by atoms with Crippen LogP contribution in [0.3, 0.4) is 0 Å². The minimum atomic E-state index is -0.464. The molecule has 0 radical (unpaired) electrons. The van der Waals surface area contributed by atoms with E-state index in [0.29, 0.717) is 28.0 Å². The van der Waals surface area contributed by atoms with E-state index < -0.39 is 4.92 Å². The first-order valence-corrected chi connectivity index (χ1v) is 8.77. The van der Waals surface area contributed by atoms with E-state index in [1.807, 2.05) is 0 Å². The minimum absolute atomic E-state index is 0.00269. The predicted molar refractivity (Wildman–Crippen MR) is 111 cm³/mol. The number of nitrogens with zero attached hydrogens (tertiary/aromatic N) is 3. The van der Waals surface area contributed by atoms with Gasteiger partial charge in [0.2, 0.25) is 0 Å². The van der Waals surface area contributed by atoms with Crippen LogP contribution in [-0.4, -0.2) is 19.6 Å². The lowest BCUT2D eigenvalue weighted by atomic mass is 10.2. The Morgan fingerprint density at radius 1 is 0.931 bits per heavy atom. The number of aromatic hydroxyl groups is 1. The highest BCUT2D eigenvalue weighted by Gasteiger charge is 2.13. The van der Waals surface area contributed by atoms with E-state index in [9.17, 15) is 20.0 Å². The molecule has 0 spiro atoms. The summed E-state index contributed by atoms with van der Waals surface area (Å²) in [5, 5.41) is 21.5. The van der Waals surface area contributed by atoms with Gasteiger partial charge in [-0.1, -0.05) is 30.3 Å². The number of hydrogen-bond donors (Lipinski definition) is 1. The third-order valence-corrected chi connectivity index (χ3v) is 4.45. The van der Waals surface area contributed by atoms with Crippen molar-refractivity contribution in [1.82, 2.24) is 9.55 Å². The maximum absolute atomic E-state index is 13.1. The monoisotopic (exact) mass is 385 g/mol. The zero-order valence-corrected chi connectivity index (χ0v) is 15.1. The zero-order chi connectivity index (χ0) is 20.4. The summed E-state index contributed by atoms with van der Waals surface area (Å²) in [5.41, 5.74) is 1.26. The van der Waals surface area contributed by atoms with E-state index in [-0.39, 0.29) is 17.0 Å². The van der Waals surface area contributed by atoms with Gasteiger partial charge in [-0.3, -0.25) is 19.5 Å². The fourth-order valence-corrected chi connectivity index (χ4v) is 3.03. The number of non-ortho nitro benzene ring substituents is 1. The first kappa shape index (κ1) is 18.1. The fourth-order valence-electron chi connectivity index (χ4n) is 3.03. The van der Waals surface area contributed by atoms with Crippen LogP contribution in [0.5, 0.6) is 5.75 Å². The van der Waals surface area contributed by atoms with Gasteiger partial charge in [0, 0.05) is 12.1 Å². The lowest BCUT2D eigenvalue weighted by Gasteiger charge is -2.12. The molecule has 142 valence electrons. The molecule has 4 rings (SSSR count). The van der Waals surface area contributed by atoms with Crippen molar-refractivity contribution < 1.29 is 10.0 Å². The van der Waals surface area contributed by atoms with Crippen LogP contribution in [0, 0.1) is 10.1 Å². The van der Waals surface area contributed by atoms with Crippen LogP contribution in [0.4, 0.5) is 5.69 Å². The molecule has 4 aromatic rings. The molecule has 1 aromatic heterocycles. The normalized spacial score (nSPS) is 11.2. The Balaban J connectivity index is 1.89. The summed E-state index contributed by atoms with van der Waals surface area (Å²) in [4.78, 5) is 28.0. The standard InChI is InChI=1S/C22H15N3O4/c26-20-8-4-3-7-19(20)24-21(23-18-6-2-1-5-17(18)22(24)27)14-11-15-9-12-16(13-10-15)25(28)29/h1-14,26H. The molecule has 0 amide bonds. The molecule has 0 aliphatic heterocycles. The lowest BCUT2D eigenvalue weighted by molar-refractivity contribution is -0.384. The number of rotatable bonds is 4. The Labute approximate surface area is 165 Å². The van der Waals surface area contributed by atoms with Gasteiger partial charge in [-0.15, -0.1) is 0 Å². The Kier molecular flexibility index (Phi) is 4.62. The summed E-state index contributed by atoms with van der Waals surface area (Å²) < 4.78 is 1.35. The molecule has 1 heterocycles. The third kappa shape index (κ3) is 3.49. The molecule has 1 N–H and O–H groups in total. The number of aromatic nitrogens is 2. The molecular formula is C22H15N3O4. The number of benzene rings is 3. The minimum Gasteiger partial charge on any atom is -0.506 e. The maximum atomic E-state index is 13.1. The van der Waals surface area contributed by atoms with Crippen molar-refractivity contribution in [3.63, 3.8) is 0 Å². The second-order valence-corrected chi connectivity index (χ2v) is 6.30. The average molecular weight is 385 g/mol. The van der Waals surface area contributed by atoms with Crippen LogP contribution in [0.25, 0.3) is 28.7 Å². The summed E-state index contributed by atoms with van der Waals surface area (Å²) in [7, 11) is 0. The zero-order valence-electron chi connectivity index (χ0n) is 15.1. The van der Waals surface area contributed by atoms with Gasteiger partial charge in [0.05, 0.1) is 21.5 Å². The topological polar surface area (TPSA) is 98.3 Å². The van der Waals surface area contributed by atoms with Gasteiger partial charge in [0.1, 0.15) is 11.6 Å². The van der Waals surface area contributed by atoms with E-state index in [1.165, 1.54) is 22.8 Å². The summed E-state index contributed by atoms with van der Waals surface area (Å²) in [6.45, 7) is 0. The lowest BCUT2D eigenvalue weighted by Crippen LogP contribution is -2.22. The van der Waals surface area contributed by atoms with Gasteiger partial charge >= 0.3 is 0 Å². The van der Waals surface area contributed by atoms with Crippen LogP contribution in [-0.2, 0) is 0 Å². The first-order valence-electron chi connectivity index (χ1n) is 8.77. The SMILES string of the molecule is O=c1c2ccccc2nc(C=Cc2ccc([N+](=O)[O-])cc2)n1-c1ccccc1O. The Morgan fingerprint density at radius 3 is 2.34 bits per heavy atom. The molecule has 0 fully saturated rings. The summed E-state index contributed by atoms with van der Waals surface area (Å²) in [6.07, 6.45) is 3.35. The molecule has 7 heteroatoms. The second kappa shape index (κ2) is 7.40. The van der Waals surface area contributed by atoms with Crippen molar-refractivity contribution in [2.75, 3.05) is 0 Å². The van der Waals surface area contributed by atoms with Crippen molar-refractivity contribution in [2.24, 2.45) is 0 Å². The highest BCUT2D eigenvalue weighted by atomic mass is 16.6. The molecule has 0 saturated heterocycles. The highest BCUT2D eigenvalue weighted by Crippen LogP contribution is 2.23. The first-order chi connectivity index (χ1) is 14.0. The van der Waals surface area contributed by atoms with E-state index in [1.54, 1.807) is 66.7 Å². The molecular weight excluding hydrogens is 370 g/mol. The van der Waals surface area contributed by atoms with Gasteiger partial charge in [-0.2, -0.15) is 0 Å². The molecule has 0 atom stereocenters. The number of nitro benzene ring substituents is 1. The molecule has 3 aromatic carbocycles.